The van der Waals surface area contributed by atoms with E-state index in [0.717, 1.165) is 17.7 Å². The quantitative estimate of drug-likeness (QED) is 0.843. The second-order valence-electron chi connectivity index (χ2n) is 4.78. The molecule has 3 N–H and O–H groups in total. The highest BCUT2D eigenvalue weighted by Gasteiger charge is 2.21. The third kappa shape index (κ3) is 2.98. The maximum atomic E-state index is 11.9. The van der Waals surface area contributed by atoms with E-state index >= 15 is 0 Å². The molecule has 1 heterocycles. The Hall–Kier alpha value is -1.75. The molecular formula is C14H20N2O3. The molecule has 5 heteroatoms. The van der Waals surface area contributed by atoms with Gasteiger partial charge in [-0.15, -0.1) is 0 Å². The number of carbonyl (C=O) groups excluding carboxylic acids is 1. The molecule has 0 fully saturated rings. The maximum absolute atomic E-state index is 11.9. The Balaban J connectivity index is 1.96. The fraction of sp³-hybridized carbons (Fsp3) is 0.500. The Morgan fingerprint density at radius 2 is 2.26 bits per heavy atom. The highest BCUT2D eigenvalue weighted by Crippen LogP contribution is 2.35. The lowest BCUT2D eigenvalue weighted by atomic mass is 9.99. The van der Waals surface area contributed by atoms with Gasteiger partial charge in [-0.2, -0.15) is 0 Å². The molecule has 1 aromatic rings. The van der Waals surface area contributed by atoms with Crippen molar-refractivity contribution in [1.29, 1.82) is 0 Å². The number of fused-ring (bicyclic) bond motifs is 1. The fourth-order valence-corrected chi connectivity index (χ4v) is 1.94. The van der Waals surface area contributed by atoms with Gasteiger partial charge in [0.15, 0.2) is 11.5 Å². The van der Waals surface area contributed by atoms with Crippen LogP contribution in [-0.4, -0.2) is 18.7 Å². The zero-order valence-electron chi connectivity index (χ0n) is 11.3. The van der Waals surface area contributed by atoms with E-state index in [9.17, 15) is 4.79 Å². The summed E-state index contributed by atoms with van der Waals surface area (Å²) >= 11 is 0. The van der Waals surface area contributed by atoms with Crippen molar-refractivity contribution in [3.8, 4) is 11.5 Å². The summed E-state index contributed by atoms with van der Waals surface area (Å²) in [6.45, 7) is 4.62. The smallest absolute Gasteiger partial charge is 0.237 e. The van der Waals surface area contributed by atoms with Gasteiger partial charge in [0.2, 0.25) is 12.7 Å². The SMILES string of the molecule is CC[C@H](C)[C@H](N)C(=O)NCc1cccc2c1OCO2. The van der Waals surface area contributed by atoms with Crippen molar-refractivity contribution >= 4 is 5.91 Å². The van der Waals surface area contributed by atoms with Gasteiger partial charge >= 0.3 is 0 Å². The summed E-state index contributed by atoms with van der Waals surface area (Å²) in [7, 11) is 0. The molecule has 104 valence electrons. The number of ether oxygens (including phenoxy) is 2. The van der Waals surface area contributed by atoms with Gasteiger partial charge in [-0.1, -0.05) is 32.4 Å². The van der Waals surface area contributed by atoms with Crippen molar-refractivity contribution in [3.63, 3.8) is 0 Å². The van der Waals surface area contributed by atoms with Gasteiger partial charge < -0.3 is 20.5 Å². The molecule has 0 aromatic heterocycles. The van der Waals surface area contributed by atoms with Gasteiger partial charge in [-0.25, -0.2) is 0 Å². The number of hydrogen-bond acceptors (Lipinski definition) is 4. The molecule has 0 saturated heterocycles. The predicted octanol–water partition coefficient (Wildman–Crippen LogP) is 1.40. The van der Waals surface area contributed by atoms with E-state index in [1.165, 1.54) is 0 Å². The van der Waals surface area contributed by atoms with E-state index in [0.29, 0.717) is 12.3 Å². The Morgan fingerprint density at radius 1 is 1.47 bits per heavy atom. The first-order valence-corrected chi connectivity index (χ1v) is 6.54. The largest absolute Gasteiger partial charge is 0.454 e. The van der Waals surface area contributed by atoms with Gasteiger partial charge in [0, 0.05) is 12.1 Å². The lowest BCUT2D eigenvalue weighted by Crippen LogP contribution is -2.44. The van der Waals surface area contributed by atoms with Crippen LogP contribution >= 0.6 is 0 Å². The topological polar surface area (TPSA) is 73.6 Å². The maximum Gasteiger partial charge on any atom is 0.237 e. The lowest BCUT2D eigenvalue weighted by molar-refractivity contribution is -0.123. The van der Waals surface area contributed by atoms with Crippen molar-refractivity contribution in [1.82, 2.24) is 5.32 Å². The van der Waals surface area contributed by atoms with Crippen LogP contribution in [0, 0.1) is 5.92 Å². The van der Waals surface area contributed by atoms with Gasteiger partial charge in [0.05, 0.1) is 6.04 Å². The number of hydrogen-bond donors (Lipinski definition) is 2. The first kappa shape index (κ1) is 13.7. The van der Waals surface area contributed by atoms with Crippen molar-refractivity contribution < 1.29 is 14.3 Å². The number of carbonyl (C=O) groups is 1. The minimum absolute atomic E-state index is 0.133. The number of nitrogens with two attached hydrogens (primary N) is 1. The second kappa shape index (κ2) is 5.93. The van der Waals surface area contributed by atoms with Crippen molar-refractivity contribution in [2.24, 2.45) is 11.7 Å². The van der Waals surface area contributed by atoms with Crippen LogP contribution in [0.3, 0.4) is 0 Å². The van der Waals surface area contributed by atoms with E-state index in [4.69, 9.17) is 15.2 Å². The molecule has 1 aliphatic heterocycles. The van der Waals surface area contributed by atoms with E-state index in [2.05, 4.69) is 5.32 Å². The number of para-hydroxylation sites is 1. The van der Waals surface area contributed by atoms with Crippen LogP contribution in [0.15, 0.2) is 18.2 Å². The Bertz CT molecular complexity index is 462. The first-order chi connectivity index (χ1) is 9.13. The second-order valence-corrected chi connectivity index (χ2v) is 4.78. The van der Waals surface area contributed by atoms with Crippen LogP contribution in [0.2, 0.25) is 0 Å². The third-order valence-corrected chi connectivity index (χ3v) is 3.49. The summed E-state index contributed by atoms with van der Waals surface area (Å²) in [5, 5.41) is 2.84. The zero-order valence-corrected chi connectivity index (χ0v) is 11.3. The highest BCUT2D eigenvalue weighted by atomic mass is 16.7. The summed E-state index contributed by atoms with van der Waals surface area (Å²) in [6, 6.07) is 5.16. The van der Waals surface area contributed by atoms with Crippen LogP contribution in [0.4, 0.5) is 0 Å². The van der Waals surface area contributed by atoms with Crippen molar-refractivity contribution in [3.05, 3.63) is 23.8 Å². The molecule has 0 saturated carbocycles. The first-order valence-electron chi connectivity index (χ1n) is 6.54. The molecule has 1 aliphatic rings. The Labute approximate surface area is 113 Å². The number of nitrogens with one attached hydrogen (secondary N) is 1. The van der Waals surface area contributed by atoms with Crippen LogP contribution in [0.1, 0.15) is 25.8 Å². The average molecular weight is 264 g/mol. The average Bonchev–Trinajstić information content (AvgIpc) is 2.91. The number of rotatable bonds is 5. The molecule has 1 aromatic carbocycles. The molecule has 1 amide bonds. The van der Waals surface area contributed by atoms with Crippen LogP contribution in [-0.2, 0) is 11.3 Å². The van der Waals surface area contributed by atoms with Gasteiger partial charge in [-0.3, -0.25) is 4.79 Å². The Kier molecular flexibility index (Phi) is 4.27. The molecule has 0 radical (unpaired) electrons. The fourth-order valence-electron chi connectivity index (χ4n) is 1.94. The van der Waals surface area contributed by atoms with Gasteiger partial charge in [0.25, 0.3) is 0 Å². The third-order valence-electron chi connectivity index (χ3n) is 3.49. The molecule has 0 aliphatic carbocycles. The number of amides is 1. The summed E-state index contributed by atoms with van der Waals surface area (Å²) in [6.07, 6.45) is 0.881. The minimum Gasteiger partial charge on any atom is -0.454 e. The summed E-state index contributed by atoms with van der Waals surface area (Å²) < 4.78 is 10.7. The van der Waals surface area contributed by atoms with Crippen LogP contribution < -0.4 is 20.5 Å². The number of benzene rings is 1. The molecule has 2 rings (SSSR count). The molecule has 0 bridgehead atoms. The summed E-state index contributed by atoms with van der Waals surface area (Å²) in [5.74, 6) is 1.46. The monoisotopic (exact) mass is 264 g/mol. The molecule has 0 unspecified atom stereocenters. The predicted molar refractivity (Wildman–Crippen MR) is 71.8 cm³/mol. The van der Waals surface area contributed by atoms with E-state index < -0.39 is 6.04 Å². The molecule has 0 spiro atoms. The molecule has 19 heavy (non-hydrogen) atoms. The van der Waals surface area contributed by atoms with Gasteiger partial charge in [-0.05, 0) is 12.0 Å². The van der Waals surface area contributed by atoms with E-state index in [1.54, 1.807) is 0 Å². The van der Waals surface area contributed by atoms with E-state index in [-0.39, 0.29) is 18.6 Å². The van der Waals surface area contributed by atoms with Crippen molar-refractivity contribution in [2.45, 2.75) is 32.9 Å². The standard InChI is InChI=1S/C14H20N2O3/c1-3-9(2)12(15)14(17)16-7-10-5-4-6-11-13(10)19-8-18-11/h4-6,9,12H,3,7-8,15H2,1-2H3,(H,16,17)/t9-,12-/m0/s1. The Morgan fingerprint density at radius 3 is 3.00 bits per heavy atom. The zero-order chi connectivity index (χ0) is 13.8. The van der Waals surface area contributed by atoms with Crippen LogP contribution in [0.25, 0.3) is 0 Å². The minimum atomic E-state index is -0.473. The van der Waals surface area contributed by atoms with E-state index in [1.807, 2.05) is 32.0 Å². The van der Waals surface area contributed by atoms with Gasteiger partial charge in [0.1, 0.15) is 0 Å². The van der Waals surface area contributed by atoms with Crippen LogP contribution in [0.5, 0.6) is 11.5 Å². The lowest BCUT2D eigenvalue weighted by Gasteiger charge is -2.18. The molecule has 2 atom stereocenters. The molecule has 5 nitrogen and oxygen atoms in total. The summed E-state index contributed by atoms with van der Waals surface area (Å²) in [5.41, 5.74) is 6.78. The normalized spacial score (nSPS) is 15.9. The van der Waals surface area contributed by atoms with Crippen molar-refractivity contribution in [2.75, 3.05) is 6.79 Å². The molecular weight excluding hydrogens is 244 g/mol. The highest BCUT2D eigenvalue weighted by molar-refractivity contribution is 5.81. The summed E-state index contributed by atoms with van der Waals surface area (Å²) in [4.78, 5) is 11.9.